The SMILES string of the molecule is CC1c2nnc(-c3nc4cc(F)ccc4s3)n2CCN1C(=O)c1ccc(Cl)cc1. The molecule has 0 spiro atoms. The number of carbonyl (C=O) groups is 1. The summed E-state index contributed by atoms with van der Waals surface area (Å²) in [5.41, 5.74) is 1.19. The summed E-state index contributed by atoms with van der Waals surface area (Å²) in [4.78, 5) is 19.2. The van der Waals surface area contributed by atoms with E-state index >= 15 is 0 Å². The molecule has 4 aromatic rings. The Balaban J connectivity index is 1.47. The van der Waals surface area contributed by atoms with Crippen LogP contribution < -0.4 is 0 Å². The average molecular weight is 428 g/mol. The standard InChI is InChI=1S/C20H15ClFN5OS/c1-11-17-24-25-18(19-23-15-10-14(22)6-7-16(15)29-19)27(17)9-8-26(11)20(28)12-2-4-13(21)5-3-12/h2-7,10-11H,8-9H2,1H3. The number of nitrogens with zero attached hydrogens (tertiary/aromatic N) is 5. The molecule has 0 fully saturated rings. The van der Waals surface area contributed by atoms with E-state index in [0.29, 0.717) is 45.8 Å². The molecule has 1 amide bonds. The van der Waals surface area contributed by atoms with E-state index in [0.717, 1.165) is 4.70 Å². The Morgan fingerprint density at radius 1 is 1.17 bits per heavy atom. The van der Waals surface area contributed by atoms with Crippen molar-refractivity contribution in [3.05, 3.63) is 64.7 Å². The number of hydrogen-bond donors (Lipinski definition) is 0. The molecule has 0 saturated heterocycles. The first kappa shape index (κ1) is 18.2. The predicted molar refractivity (Wildman–Crippen MR) is 109 cm³/mol. The number of carbonyl (C=O) groups excluding carboxylic acids is 1. The van der Waals surface area contributed by atoms with Gasteiger partial charge < -0.3 is 9.47 Å². The van der Waals surface area contributed by atoms with Crippen LogP contribution in [-0.2, 0) is 6.54 Å². The number of aromatic nitrogens is 4. The van der Waals surface area contributed by atoms with Crippen LogP contribution in [0.1, 0.15) is 29.1 Å². The molecule has 0 N–H and O–H groups in total. The van der Waals surface area contributed by atoms with Gasteiger partial charge in [-0.2, -0.15) is 0 Å². The topological polar surface area (TPSA) is 63.9 Å². The summed E-state index contributed by atoms with van der Waals surface area (Å²) in [7, 11) is 0. The number of amides is 1. The van der Waals surface area contributed by atoms with Gasteiger partial charge in [-0.1, -0.05) is 11.6 Å². The molecule has 5 rings (SSSR count). The molecule has 0 aliphatic carbocycles. The lowest BCUT2D eigenvalue weighted by molar-refractivity contribution is 0.0638. The highest BCUT2D eigenvalue weighted by Gasteiger charge is 2.32. The quantitative estimate of drug-likeness (QED) is 0.470. The Kier molecular flexibility index (Phi) is 4.33. The van der Waals surface area contributed by atoms with Gasteiger partial charge in [0.1, 0.15) is 5.82 Å². The lowest BCUT2D eigenvalue weighted by Gasteiger charge is -2.33. The van der Waals surface area contributed by atoms with Crippen LogP contribution in [0.5, 0.6) is 0 Å². The molecule has 0 bridgehead atoms. The van der Waals surface area contributed by atoms with Crippen molar-refractivity contribution in [3.8, 4) is 10.8 Å². The van der Waals surface area contributed by atoms with Crippen molar-refractivity contribution in [3.63, 3.8) is 0 Å². The van der Waals surface area contributed by atoms with Gasteiger partial charge in [0.25, 0.3) is 5.91 Å². The Labute approximate surface area is 174 Å². The highest BCUT2D eigenvalue weighted by Crippen LogP contribution is 2.33. The molecule has 3 heterocycles. The van der Waals surface area contributed by atoms with Crippen LogP contribution in [0.15, 0.2) is 42.5 Å². The minimum atomic E-state index is -0.317. The van der Waals surface area contributed by atoms with Crippen LogP contribution in [-0.4, -0.2) is 37.1 Å². The van der Waals surface area contributed by atoms with Gasteiger partial charge in [-0.15, -0.1) is 21.5 Å². The van der Waals surface area contributed by atoms with Crippen LogP contribution >= 0.6 is 22.9 Å². The average Bonchev–Trinajstić information content (AvgIpc) is 3.32. The summed E-state index contributed by atoms with van der Waals surface area (Å²) < 4.78 is 16.4. The first-order chi connectivity index (χ1) is 14.0. The van der Waals surface area contributed by atoms with E-state index < -0.39 is 0 Å². The molecule has 9 heteroatoms. The Morgan fingerprint density at radius 3 is 2.76 bits per heavy atom. The van der Waals surface area contributed by atoms with E-state index in [-0.39, 0.29) is 17.8 Å². The van der Waals surface area contributed by atoms with E-state index in [1.165, 1.54) is 23.5 Å². The lowest BCUT2D eigenvalue weighted by Crippen LogP contribution is -2.41. The largest absolute Gasteiger partial charge is 0.327 e. The third kappa shape index (κ3) is 3.08. The van der Waals surface area contributed by atoms with Crippen molar-refractivity contribution in [2.45, 2.75) is 19.5 Å². The van der Waals surface area contributed by atoms with Gasteiger partial charge in [0.15, 0.2) is 16.7 Å². The Bertz CT molecular complexity index is 1240. The maximum absolute atomic E-state index is 13.5. The third-order valence-corrected chi connectivity index (χ3v) is 6.36. The van der Waals surface area contributed by atoms with Crippen molar-refractivity contribution in [1.29, 1.82) is 0 Å². The van der Waals surface area contributed by atoms with Gasteiger partial charge in [0.2, 0.25) is 0 Å². The summed E-state index contributed by atoms with van der Waals surface area (Å²) in [5.74, 6) is 0.967. The molecule has 1 aliphatic rings. The van der Waals surface area contributed by atoms with E-state index in [1.54, 1.807) is 35.2 Å². The molecule has 1 atom stereocenters. The molecule has 2 aromatic heterocycles. The van der Waals surface area contributed by atoms with Gasteiger partial charge in [0, 0.05) is 29.7 Å². The predicted octanol–water partition coefficient (Wildman–Crippen LogP) is 4.56. The maximum atomic E-state index is 13.5. The Hall–Kier alpha value is -2.84. The van der Waals surface area contributed by atoms with Crippen molar-refractivity contribution >= 4 is 39.1 Å². The summed E-state index contributed by atoms with van der Waals surface area (Å²) in [6.07, 6.45) is 0. The first-order valence-electron chi connectivity index (χ1n) is 9.07. The van der Waals surface area contributed by atoms with E-state index in [1.807, 2.05) is 11.5 Å². The summed E-state index contributed by atoms with van der Waals surface area (Å²) in [6, 6.07) is 11.2. The second-order valence-electron chi connectivity index (χ2n) is 6.85. The number of thiazole rings is 1. The maximum Gasteiger partial charge on any atom is 0.254 e. The molecule has 29 heavy (non-hydrogen) atoms. The first-order valence-corrected chi connectivity index (χ1v) is 10.3. The van der Waals surface area contributed by atoms with Crippen LogP contribution in [0.4, 0.5) is 4.39 Å². The fourth-order valence-corrected chi connectivity index (χ4v) is 4.64. The number of halogens is 2. The molecule has 2 aromatic carbocycles. The highest BCUT2D eigenvalue weighted by molar-refractivity contribution is 7.21. The van der Waals surface area contributed by atoms with Gasteiger partial charge in [0.05, 0.1) is 16.3 Å². The fraction of sp³-hybridized carbons (Fsp3) is 0.200. The highest BCUT2D eigenvalue weighted by atomic mass is 35.5. The smallest absolute Gasteiger partial charge is 0.254 e. The molecular weight excluding hydrogens is 413 g/mol. The minimum absolute atomic E-state index is 0.0690. The fourth-order valence-electron chi connectivity index (χ4n) is 3.58. The number of benzene rings is 2. The molecule has 1 unspecified atom stereocenters. The second kappa shape index (κ2) is 6.89. The van der Waals surface area contributed by atoms with Gasteiger partial charge in [-0.25, -0.2) is 9.37 Å². The normalized spacial score (nSPS) is 16.2. The van der Waals surface area contributed by atoms with Crippen molar-refractivity contribution < 1.29 is 9.18 Å². The molecule has 0 saturated carbocycles. The van der Waals surface area contributed by atoms with E-state index in [2.05, 4.69) is 15.2 Å². The van der Waals surface area contributed by atoms with Gasteiger partial charge in [-0.05, 0) is 43.3 Å². The van der Waals surface area contributed by atoms with Gasteiger partial charge in [-0.3, -0.25) is 4.79 Å². The van der Waals surface area contributed by atoms with Crippen molar-refractivity contribution in [1.82, 2.24) is 24.6 Å². The zero-order chi connectivity index (χ0) is 20.1. The van der Waals surface area contributed by atoms with Crippen LogP contribution in [0.25, 0.3) is 21.0 Å². The zero-order valence-corrected chi connectivity index (χ0v) is 16.9. The number of rotatable bonds is 2. The van der Waals surface area contributed by atoms with Crippen molar-refractivity contribution in [2.75, 3.05) is 6.54 Å². The summed E-state index contributed by atoms with van der Waals surface area (Å²) >= 11 is 7.37. The van der Waals surface area contributed by atoms with Crippen LogP contribution in [0.2, 0.25) is 5.02 Å². The molecule has 6 nitrogen and oxygen atoms in total. The molecule has 0 radical (unpaired) electrons. The van der Waals surface area contributed by atoms with E-state index in [4.69, 9.17) is 11.6 Å². The van der Waals surface area contributed by atoms with Crippen molar-refractivity contribution in [2.24, 2.45) is 0 Å². The lowest BCUT2D eigenvalue weighted by atomic mass is 10.1. The Morgan fingerprint density at radius 2 is 1.97 bits per heavy atom. The molecule has 1 aliphatic heterocycles. The monoisotopic (exact) mass is 427 g/mol. The van der Waals surface area contributed by atoms with Crippen LogP contribution in [0, 0.1) is 5.82 Å². The second-order valence-corrected chi connectivity index (χ2v) is 8.31. The third-order valence-electron chi connectivity index (χ3n) is 5.08. The number of hydrogen-bond acceptors (Lipinski definition) is 5. The zero-order valence-electron chi connectivity index (χ0n) is 15.3. The molecule has 146 valence electrons. The van der Waals surface area contributed by atoms with Crippen LogP contribution in [0.3, 0.4) is 0 Å². The van der Waals surface area contributed by atoms with E-state index in [9.17, 15) is 9.18 Å². The number of fused-ring (bicyclic) bond motifs is 2. The summed E-state index contributed by atoms with van der Waals surface area (Å²) in [6.45, 7) is 3.02. The molecular formula is C20H15ClFN5OS. The van der Waals surface area contributed by atoms with Gasteiger partial charge >= 0.3 is 0 Å². The summed E-state index contributed by atoms with van der Waals surface area (Å²) in [5, 5.41) is 9.94. The minimum Gasteiger partial charge on any atom is -0.327 e.